The van der Waals surface area contributed by atoms with Crippen LogP contribution >= 0.6 is 0 Å². The largest absolute Gasteiger partial charge is 0.381 e. The molecule has 1 unspecified atom stereocenters. The highest BCUT2D eigenvalue weighted by Gasteiger charge is 2.12. The van der Waals surface area contributed by atoms with E-state index in [1.165, 1.54) is 25.1 Å². The molecule has 2 nitrogen and oxygen atoms in total. The van der Waals surface area contributed by atoms with Gasteiger partial charge in [-0.05, 0) is 24.6 Å². The first-order valence-electron chi connectivity index (χ1n) is 3.55. The Bertz CT molecular complexity index is 296. The Hall–Kier alpha value is -1.22. The van der Waals surface area contributed by atoms with Crippen LogP contribution in [0.3, 0.4) is 0 Å². The van der Waals surface area contributed by atoms with E-state index in [1.54, 1.807) is 0 Å². The van der Waals surface area contributed by atoms with Crippen LogP contribution in [0.4, 0.5) is 4.39 Å². The van der Waals surface area contributed by atoms with Crippen LogP contribution in [0.15, 0.2) is 24.3 Å². The van der Waals surface area contributed by atoms with Gasteiger partial charge in [0.2, 0.25) is 0 Å². The molecule has 0 aliphatic heterocycles. The summed E-state index contributed by atoms with van der Waals surface area (Å²) in [6, 6.07) is 5.37. The van der Waals surface area contributed by atoms with E-state index in [1.807, 2.05) is 0 Å². The van der Waals surface area contributed by atoms with Crippen molar-refractivity contribution in [3.05, 3.63) is 35.6 Å². The summed E-state index contributed by atoms with van der Waals surface area (Å²) in [5.74, 6) is -0.839. The van der Waals surface area contributed by atoms with E-state index in [0.717, 1.165) is 6.07 Å². The van der Waals surface area contributed by atoms with Gasteiger partial charge in [-0.15, -0.1) is 0 Å². The second kappa shape index (κ2) is 3.45. The molecule has 0 heterocycles. The van der Waals surface area contributed by atoms with Gasteiger partial charge in [0, 0.05) is 0 Å². The number of hydrogen-bond acceptors (Lipinski definition) is 2. The second-order valence-corrected chi connectivity index (χ2v) is 2.57. The van der Waals surface area contributed by atoms with Crippen LogP contribution in [0.5, 0.6) is 0 Å². The lowest BCUT2D eigenvalue weighted by Gasteiger charge is -2.05. The Balaban J connectivity index is 2.95. The van der Waals surface area contributed by atoms with E-state index in [9.17, 15) is 14.3 Å². The Morgan fingerprint density at radius 3 is 2.75 bits per heavy atom. The fourth-order valence-corrected chi connectivity index (χ4v) is 0.911. The van der Waals surface area contributed by atoms with Crippen LogP contribution in [0.1, 0.15) is 18.6 Å². The van der Waals surface area contributed by atoms with E-state index in [2.05, 4.69) is 0 Å². The molecule has 12 heavy (non-hydrogen) atoms. The quantitative estimate of drug-likeness (QED) is 0.725. The third kappa shape index (κ3) is 1.89. The number of benzene rings is 1. The first kappa shape index (κ1) is 8.87. The Labute approximate surface area is 69.6 Å². The average Bonchev–Trinajstić information content (AvgIpc) is 2.03. The molecule has 0 aliphatic rings. The number of Topliss-reactive ketones (excluding diaryl/α,β-unsaturated/α-hetero) is 1. The maximum absolute atomic E-state index is 12.6. The van der Waals surface area contributed by atoms with Crippen molar-refractivity contribution in [3.63, 3.8) is 0 Å². The van der Waals surface area contributed by atoms with Crippen molar-refractivity contribution in [2.45, 2.75) is 13.0 Å². The fourth-order valence-electron chi connectivity index (χ4n) is 0.911. The minimum atomic E-state index is -1.21. The number of rotatable bonds is 2. The van der Waals surface area contributed by atoms with Gasteiger partial charge in [0.15, 0.2) is 5.78 Å². The molecule has 0 saturated carbocycles. The van der Waals surface area contributed by atoms with Gasteiger partial charge in [-0.2, -0.15) is 0 Å². The van der Waals surface area contributed by atoms with Gasteiger partial charge in [-0.1, -0.05) is 12.1 Å². The SMILES string of the molecule is CC(=O)C(O)c1cccc(F)c1. The lowest BCUT2D eigenvalue weighted by Crippen LogP contribution is -2.07. The number of carbonyl (C=O) groups is 1. The van der Waals surface area contributed by atoms with E-state index in [0.29, 0.717) is 5.56 Å². The van der Waals surface area contributed by atoms with Crippen molar-refractivity contribution in [1.29, 1.82) is 0 Å². The Morgan fingerprint density at radius 1 is 1.58 bits per heavy atom. The molecular formula is C9H9FO2. The number of carbonyl (C=O) groups excluding carboxylic acids is 1. The third-order valence-corrected chi connectivity index (χ3v) is 1.55. The zero-order valence-corrected chi connectivity index (χ0v) is 6.62. The molecule has 1 atom stereocenters. The molecule has 0 aromatic heterocycles. The molecule has 0 radical (unpaired) electrons. The molecular weight excluding hydrogens is 159 g/mol. The molecule has 0 saturated heterocycles. The molecule has 0 spiro atoms. The minimum absolute atomic E-state index is 0.294. The average molecular weight is 168 g/mol. The summed E-state index contributed by atoms with van der Waals surface area (Å²) >= 11 is 0. The number of hydrogen-bond donors (Lipinski definition) is 1. The molecule has 1 rings (SSSR count). The molecule has 0 fully saturated rings. The second-order valence-electron chi connectivity index (χ2n) is 2.57. The lowest BCUT2D eigenvalue weighted by molar-refractivity contribution is -0.125. The summed E-state index contributed by atoms with van der Waals surface area (Å²) in [5.41, 5.74) is 0.294. The van der Waals surface area contributed by atoms with Crippen molar-refractivity contribution >= 4 is 5.78 Å². The molecule has 1 aromatic rings. The molecule has 3 heteroatoms. The number of aliphatic hydroxyl groups excluding tert-OH is 1. The predicted molar refractivity (Wildman–Crippen MR) is 42.0 cm³/mol. The van der Waals surface area contributed by atoms with Gasteiger partial charge in [-0.25, -0.2) is 4.39 Å². The van der Waals surface area contributed by atoms with Crippen LogP contribution in [0, 0.1) is 5.82 Å². The predicted octanol–water partition coefficient (Wildman–Crippen LogP) is 1.45. The molecule has 0 amide bonds. The Kier molecular flexibility index (Phi) is 2.55. The fraction of sp³-hybridized carbons (Fsp3) is 0.222. The van der Waals surface area contributed by atoms with Crippen LogP contribution in [-0.4, -0.2) is 10.9 Å². The standard InChI is InChI=1S/C9H9FO2/c1-6(11)9(12)7-3-2-4-8(10)5-7/h2-5,9,12H,1H3. The first-order valence-corrected chi connectivity index (χ1v) is 3.55. The highest BCUT2D eigenvalue weighted by Crippen LogP contribution is 2.14. The monoisotopic (exact) mass is 168 g/mol. The lowest BCUT2D eigenvalue weighted by atomic mass is 10.1. The topological polar surface area (TPSA) is 37.3 Å². The smallest absolute Gasteiger partial charge is 0.162 e. The van der Waals surface area contributed by atoms with Crippen LogP contribution in [0.25, 0.3) is 0 Å². The molecule has 1 N–H and O–H groups in total. The maximum Gasteiger partial charge on any atom is 0.162 e. The zero-order valence-electron chi connectivity index (χ0n) is 6.62. The van der Waals surface area contributed by atoms with Gasteiger partial charge in [0.1, 0.15) is 11.9 Å². The van der Waals surface area contributed by atoms with Gasteiger partial charge in [0.25, 0.3) is 0 Å². The van der Waals surface area contributed by atoms with E-state index in [4.69, 9.17) is 0 Å². The van der Waals surface area contributed by atoms with Gasteiger partial charge >= 0.3 is 0 Å². The van der Waals surface area contributed by atoms with Crippen LogP contribution < -0.4 is 0 Å². The zero-order chi connectivity index (χ0) is 9.14. The highest BCUT2D eigenvalue weighted by molar-refractivity contribution is 5.81. The summed E-state index contributed by atoms with van der Waals surface area (Å²) in [6.07, 6.45) is -1.21. The summed E-state index contributed by atoms with van der Waals surface area (Å²) in [6.45, 7) is 1.26. The van der Waals surface area contributed by atoms with Gasteiger partial charge in [-0.3, -0.25) is 4.79 Å². The molecule has 0 aliphatic carbocycles. The van der Waals surface area contributed by atoms with Crippen molar-refractivity contribution in [1.82, 2.24) is 0 Å². The molecule has 64 valence electrons. The summed E-state index contributed by atoms with van der Waals surface area (Å²) in [5, 5.41) is 9.21. The number of aliphatic hydroxyl groups is 1. The summed E-state index contributed by atoms with van der Waals surface area (Å²) < 4.78 is 12.6. The normalized spacial score (nSPS) is 12.6. The van der Waals surface area contributed by atoms with Crippen molar-refractivity contribution in [2.24, 2.45) is 0 Å². The van der Waals surface area contributed by atoms with E-state index >= 15 is 0 Å². The first-order chi connectivity index (χ1) is 5.61. The summed E-state index contributed by atoms with van der Waals surface area (Å²) in [4.78, 5) is 10.7. The third-order valence-electron chi connectivity index (χ3n) is 1.55. The van der Waals surface area contributed by atoms with Crippen LogP contribution in [-0.2, 0) is 4.79 Å². The van der Waals surface area contributed by atoms with Crippen molar-refractivity contribution in [3.8, 4) is 0 Å². The van der Waals surface area contributed by atoms with Gasteiger partial charge in [0.05, 0.1) is 0 Å². The molecule has 0 bridgehead atoms. The van der Waals surface area contributed by atoms with Crippen molar-refractivity contribution in [2.75, 3.05) is 0 Å². The minimum Gasteiger partial charge on any atom is -0.381 e. The Morgan fingerprint density at radius 2 is 2.25 bits per heavy atom. The van der Waals surface area contributed by atoms with E-state index in [-0.39, 0.29) is 5.78 Å². The van der Waals surface area contributed by atoms with Gasteiger partial charge < -0.3 is 5.11 Å². The summed E-state index contributed by atoms with van der Waals surface area (Å²) in [7, 11) is 0. The number of ketones is 1. The van der Waals surface area contributed by atoms with Crippen LogP contribution in [0.2, 0.25) is 0 Å². The number of halogens is 1. The highest BCUT2D eigenvalue weighted by atomic mass is 19.1. The van der Waals surface area contributed by atoms with Crippen molar-refractivity contribution < 1.29 is 14.3 Å². The van der Waals surface area contributed by atoms with E-state index < -0.39 is 11.9 Å². The maximum atomic E-state index is 12.6. The molecule has 1 aromatic carbocycles.